The van der Waals surface area contributed by atoms with Crippen molar-refractivity contribution < 1.29 is 4.39 Å². The molecule has 0 saturated heterocycles. The first-order chi connectivity index (χ1) is 8.69. The Morgan fingerprint density at radius 1 is 1.50 bits per heavy atom. The van der Waals surface area contributed by atoms with Crippen LogP contribution in [0.4, 0.5) is 4.39 Å². The third-order valence-electron chi connectivity index (χ3n) is 2.43. The molecular formula is C12H14FN3S2. The molecule has 3 nitrogen and oxygen atoms in total. The van der Waals surface area contributed by atoms with Crippen molar-refractivity contribution in [1.82, 2.24) is 9.36 Å². The van der Waals surface area contributed by atoms with Crippen LogP contribution < -0.4 is 5.73 Å². The average molecular weight is 283 g/mol. The summed E-state index contributed by atoms with van der Waals surface area (Å²) in [6, 6.07) is 6.21. The van der Waals surface area contributed by atoms with Crippen LogP contribution in [0.3, 0.4) is 0 Å². The second kappa shape index (κ2) is 6.26. The zero-order valence-corrected chi connectivity index (χ0v) is 11.6. The Morgan fingerprint density at radius 2 is 2.33 bits per heavy atom. The number of hydrogen-bond acceptors (Lipinski definition) is 5. The summed E-state index contributed by atoms with van der Waals surface area (Å²) in [4.78, 5) is 4.35. The quantitative estimate of drug-likeness (QED) is 0.857. The monoisotopic (exact) mass is 283 g/mol. The van der Waals surface area contributed by atoms with E-state index in [1.165, 1.54) is 23.7 Å². The Labute approximate surface area is 114 Å². The summed E-state index contributed by atoms with van der Waals surface area (Å²) in [5, 5.41) is 0. The molecule has 0 bridgehead atoms. The van der Waals surface area contributed by atoms with Crippen molar-refractivity contribution in [2.45, 2.75) is 23.7 Å². The van der Waals surface area contributed by atoms with E-state index < -0.39 is 0 Å². The predicted octanol–water partition coefficient (Wildman–Crippen LogP) is 3.03. The standard InChI is InChI=1S/C12H14FN3S2/c1-2-11-15-12(18-16-11)17-7-10(14)8-4-3-5-9(13)6-8/h3-6,10H,2,7,14H2,1H3. The fourth-order valence-corrected chi connectivity index (χ4v) is 3.15. The predicted molar refractivity (Wildman–Crippen MR) is 73.3 cm³/mol. The molecule has 0 saturated carbocycles. The molecule has 0 fully saturated rings. The van der Waals surface area contributed by atoms with E-state index in [0.29, 0.717) is 5.75 Å². The zero-order valence-electron chi connectivity index (χ0n) is 9.97. The maximum absolute atomic E-state index is 13.1. The lowest BCUT2D eigenvalue weighted by atomic mass is 10.1. The normalized spacial score (nSPS) is 12.6. The second-order valence-corrected chi connectivity index (χ2v) is 5.82. The Morgan fingerprint density at radius 3 is 3.00 bits per heavy atom. The number of nitrogens with zero attached hydrogens (tertiary/aromatic N) is 2. The van der Waals surface area contributed by atoms with E-state index in [9.17, 15) is 4.39 Å². The molecule has 1 aromatic heterocycles. The van der Waals surface area contributed by atoms with Gasteiger partial charge in [-0.2, -0.15) is 4.37 Å². The van der Waals surface area contributed by atoms with Crippen molar-refractivity contribution >= 4 is 23.3 Å². The molecule has 2 rings (SSSR count). The van der Waals surface area contributed by atoms with Gasteiger partial charge in [-0.25, -0.2) is 9.37 Å². The molecule has 6 heteroatoms. The van der Waals surface area contributed by atoms with Crippen LogP contribution in [-0.2, 0) is 6.42 Å². The third-order valence-corrected chi connectivity index (χ3v) is 4.42. The molecule has 2 aromatic rings. The Kier molecular flexibility index (Phi) is 4.68. The van der Waals surface area contributed by atoms with Gasteiger partial charge >= 0.3 is 0 Å². The van der Waals surface area contributed by atoms with Crippen LogP contribution >= 0.6 is 23.3 Å². The van der Waals surface area contributed by atoms with Crippen molar-refractivity contribution in [1.29, 1.82) is 0 Å². The van der Waals surface area contributed by atoms with Gasteiger partial charge in [-0.15, -0.1) is 0 Å². The Hall–Kier alpha value is -0.980. The highest BCUT2D eigenvalue weighted by Crippen LogP contribution is 2.25. The summed E-state index contributed by atoms with van der Waals surface area (Å²) in [6.45, 7) is 2.02. The van der Waals surface area contributed by atoms with Crippen LogP contribution in [-0.4, -0.2) is 15.1 Å². The molecule has 0 spiro atoms. The van der Waals surface area contributed by atoms with E-state index in [2.05, 4.69) is 9.36 Å². The maximum atomic E-state index is 13.1. The van der Waals surface area contributed by atoms with E-state index in [1.54, 1.807) is 17.8 Å². The van der Waals surface area contributed by atoms with E-state index in [0.717, 1.165) is 22.1 Å². The number of halogens is 1. The third kappa shape index (κ3) is 3.51. The van der Waals surface area contributed by atoms with E-state index >= 15 is 0 Å². The highest BCUT2D eigenvalue weighted by Gasteiger charge is 2.10. The van der Waals surface area contributed by atoms with Crippen LogP contribution in [0.15, 0.2) is 28.6 Å². The van der Waals surface area contributed by atoms with Gasteiger partial charge in [0.25, 0.3) is 0 Å². The zero-order chi connectivity index (χ0) is 13.0. The molecule has 1 atom stereocenters. The van der Waals surface area contributed by atoms with E-state index in [-0.39, 0.29) is 11.9 Å². The molecule has 0 aliphatic carbocycles. The molecule has 0 aliphatic heterocycles. The summed E-state index contributed by atoms with van der Waals surface area (Å²) < 4.78 is 18.2. The van der Waals surface area contributed by atoms with Crippen LogP contribution in [0.25, 0.3) is 0 Å². The SMILES string of the molecule is CCc1nsc(SCC(N)c2cccc(F)c2)n1. The number of nitrogens with two attached hydrogens (primary N) is 1. The Bertz CT molecular complexity index is 516. The Balaban J connectivity index is 1.93. The minimum atomic E-state index is -0.253. The van der Waals surface area contributed by atoms with Gasteiger partial charge in [-0.1, -0.05) is 30.8 Å². The average Bonchev–Trinajstić information content (AvgIpc) is 2.84. The molecule has 18 heavy (non-hydrogen) atoms. The summed E-state index contributed by atoms with van der Waals surface area (Å²) in [5.41, 5.74) is 6.83. The minimum absolute atomic E-state index is 0.195. The largest absolute Gasteiger partial charge is 0.323 e. The number of hydrogen-bond donors (Lipinski definition) is 1. The molecule has 0 amide bonds. The number of aryl methyl sites for hydroxylation is 1. The van der Waals surface area contributed by atoms with Gasteiger partial charge < -0.3 is 5.73 Å². The minimum Gasteiger partial charge on any atom is -0.323 e. The van der Waals surface area contributed by atoms with Crippen molar-refractivity contribution in [3.63, 3.8) is 0 Å². The second-order valence-electron chi connectivity index (χ2n) is 3.80. The lowest BCUT2D eigenvalue weighted by molar-refractivity contribution is 0.622. The van der Waals surface area contributed by atoms with Gasteiger partial charge in [0.15, 0.2) is 4.34 Å². The fraction of sp³-hybridized carbons (Fsp3) is 0.333. The van der Waals surface area contributed by atoms with Crippen molar-refractivity contribution in [3.05, 3.63) is 41.5 Å². The van der Waals surface area contributed by atoms with Crippen LogP contribution in [0.5, 0.6) is 0 Å². The maximum Gasteiger partial charge on any atom is 0.170 e. The van der Waals surface area contributed by atoms with Crippen LogP contribution in [0, 0.1) is 5.82 Å². The summed E-state index contributed by atoms with van der Waals surface area (Å²) in [7, 11) is 0. The topological polar surface area (TPSA) is 51.8 Å². The number of benzene rings is 1. The van der Waals surface area contributed by atoms with Crippen molar-refractivity contribution in [2.75, 3.05) is 5.75 Å². The molecular weight excluding hydrogens is 269 g/mol. The molecule has 1 aromatic carbocycles. The molecule has 0 aliphatic rings. The van der Waals surface area contributed by atoms with Crippen molar-refractivity contribution in [3.8, 4) is 0 Å². The van der Waals surface area contributed by atoms with Gasteiger partial charge in [0.05, 0.1) is 0 Å². The lowest BCUT2D eigenvalue weighted by Gasteiger charge is -2.10. The van der Waals surface area contributed by atoms with Crippen LogP contribution in [0.2, 0.25) is 0 Å². The first kappa shape index (κ1) is 13.5. The molecule has 0 radical (unpaired) electrons. The molecule has 96 valence electrons. The smallest absolute Gasteiger partial charge is 0.170 e. The van der Waals surface area contributed by atoms with Crippen molar-refractivity contribution in [2.24, 2.45) is 5.73 Å². The number of aromatic nitrogens is 2. The summed E-state index contributed by atoms with van der Waals surface area (Å²) in [6.07, 6.45) is 0.840. The lowest BCUT2D eigenvalue weighted by Crippen LogP contribution is -2.13. The van der Waals surface area contributed by atoms with E-state index in [1.807, 2.05) is 13.0 Å². The number of rotatable bonds is 5. The highest BCUT2D eigenvalue weighted by atomic mass is 32.2. The van der Waals surface area contributed by atoms with E-state index in [4.69, 9.17) is 5.73 Å². The first-order valence-electron chi connectivity index (χ1n) is 5.65. The highest BCUT2D eigenvalue weighted by molar-refractivity contribution is 8.00. The summed E-state index contributed by atoms with van der Waals surface area (Å²) in [5.74, 6) is 1.28. The fourth-order valence-electron chi connectivity index (χ4n) is 1.43. The van der Waals surface area contributed by atoms with Gasteiger partial charge in [0.1, 0.15) is 11.6 Å². The van der Waals surface area contributed by atoms with Gasteiger partial charge in [-0.3, -0.25) is 0 Å². The number of thioether (sulfide) groups is 1. The molecule has 1 heterocycles. The van der Waals surface area contributed by atoms with Gasteiger partial charge in [0, 0.05) is 18.2 Å². The van der Waals surface area contributed by atoms with Crippen LogP contribution in [0.1, 0.15) is 24.4 Å². The summed E-state index contributed by atoms with van der Waals surface area (Å²) >= 11 is 2.95. The molecule has 2 N–H and O–H groups in total. The van der Waals surface area contributed by atoms with Gasteiger partial charge in [-0.05, 0) is 29.2 Å². The molecule has 1 unspecified atom stereocenters. The van der Waals surface area contributed by atoms with Gasteiger partial charge in [0.2, 0.25) is 0 Å². The first-order valence-corrected chi connectivity index (χ1v) is 7.41.